The summed E-state index contributed by atoms with van der Waals surface area (Å²) in [7, 11) is -2.16. The molecule has 0 saturated heterocycles. The van der Waals surface area contributed by atoms with Crippen LogP contribution in [0.4, 0.5) is 11.4 Å². The lowest BCUT2D eigenvalue weighted by Crippen LogP contribution is -2.39. The lowest BCUT2D eigenvalue weighted by molar-refractivity contribution is -0.119. The van der Waals surface area contributed by atoms with Crippen LogP contribution in [0.3, 0.4) is 0 Å². The van der Waals surface area contributed by atoms with E-state index in [9.17, 15) is 18.0 Å². The molecule has 2 N–H and O–H groups in total. The Labute approximate surface area is 222 Å². The Bertz CT molecular complexity index is 1420. The minimum atomic E-state index is -3.69. The quantitative estimate of drug-likeness (QED) is 0.285. The van der Waals surface area contributed by atoms with E-state index in [0.29, 0.717) is 28.4 Å². The number of hydrogen-bond acceptors (Lipinski definition) is 7. The first-order valence-corrected chi connectivity index (χ1v) is 13.4. The largest absolute Gasteiger partial charge is 0.495 e. The summed E-state index contributed by atoms with van der Waals surface area (Å²) >= 11 is 0. The summed E-state index contributed by atoms with van der Waals surface area (Å²) in [6.07, 6.45) is 2.46. The molecule has 0 aliphatic rings. The van der Waals surface area contributed by atoms with E-state index >= 15 is 0 Å². The molecular formula is C27H30N4O6S. The number of rotatable bonds is 11. The molecule has 10 nitrogen and oxygen atoms in total. The van der Waals surface area contributed by atoms with Crippen molar-refractivity contribution >= 4 is 39.4 Å². The number of methoxy groups -OCH3 is 1. The maximum atomic E-state index is 12.4. The normalized spacial score (nSPS) is 11.2. The van der Waals surface area contributed by atoms with E-state index in [0.717, 1.165) is 21.7 Å². The van der Waals surface area contributed by atoms with E-state index in [2.05, 4.69) is 15.8 Å². The van der Waals surface area contributed by atoms with Crippen molar-refractivity contribution in [2.45, 2.75) is 13.8 Å². The van der Waals surface area contributed by atoms with Gasteiger partial charge in [0.15, 0.2) is 6.61 Å². The van der Waals surface area contributed by atoms with Crippen LogP contribution >= 0.6 is 0 Å². The molecule has 0 aromatic heterocycles. The van der Waals surface area contributed by atoms with Crippen molar-refractivity contribution < 1.29 is 27.5 Å². The fourth-order valence-corrected chi connectivity index (χ4v) is 4.21. The Balaban J connectivity index is 1.51. The van der Waals surface area contributed by atoms with Crippen LogP contribution in [0, 0.1) is 13.8 Å². The zero-order valence-corrected chi connectivity index (χ0v) is 22.4. The average Bonchev–Trinajstić information content (AvgIpc) is 2.88. The van der Waals surface area contributed by atoms with Gasteiger partial charge in [0.2, 0.25) is 10.0 Å². The summed E-state index contributed by atoms with van der Waals surface area (Å²) in [5, 5.41) is 6.63. The highest BCUT2D eigenvalue weighted by atomic mass is 32.2. The molecule has 3 aromatic carbocycles. The van der Waals surface area contributed by atoms with Gasteiger partial charge >= 0.3 is 0 Å². The third-order valence-corrected chi connectivity index (χ3v) is 6.64. The van der Waals surface area contributed by atoms with Gasteiger partial charge in [0.1, 0.15) is 18.0 Å². The molecule has 0 radical (unpaired) electrons. The van der Waals surface area contributed by atoms with Crippen molar-refractivity contribution in [1.82, 2.24) is 5.43 Å². The second-order valence-corrected chi connectivity index (χ2v) is 10.3. The second kappa shape index (κ2) is 12.7. The van der Waals surface area contributed by atoms with Crippen LogP contribution in [0.1, 0.15) is 16.7 Å². The van der Waals surface area contributed by atoms with Crippen LogP contribution in [0.25, 0.3) is 0 Å². The molecule has 3 rings (SSSR count). The number of hydrazone groups is 1. The van der Waals surface area contributed by atoms with Gasteiger partial charge in [-0.1, -0.05) is 18.2 Å². The van der Waals surface area contributed by atoms with Gasteiger partial charge in [-0.2, -0.15) is 5.10 Å². The molecule has 0 fully saturated rings. The summed E-state index contributed by atoms with van der Waals surface area (Å²) in [5.74, 6) is 0.0853. The SMILES string of the molecule is COc1ccccc1NC(=O)COc1ccc(/C=N\NC(=O)CN(c2ccc(C)c(C)c2)S(C)(=O)=O)cc1. The molecule has 0 atom stereocenters. The highest BCUT2D eigenvalue weighted by molar-refractivity contribution is 7.92. The minimum Gasteiger partial charge on any atom is -0.495 e. The summed E-state index contributed by atoms with van der Waals surface area (Å²) < 4.78 is 36.3. The highest BCUT2D eigenvalue weighted by Gasteiger charge is 2.21. The maximum absolute atomic E-state index is 12.4. The summed E-state index contributed by atoms with van der Waals surface area (Å²) in [6.45, 7) is 3.18. The van der Waals surface area contributed by atoms with E-state index < -0.39 is 22.5 Å². The van der Waals surface area contributed by atoms with Gasteiger partial charge < -0.3 is 14.8 Å². The summed E-state index contributed by atoms with van der Waals surface area (Å²) in [4.78, 5) is 24.6. The van der Waals surface area contributed by atoms with Crippen LogP contribution in [-0.4, -0.2) is 53.0 Å². The molecule has 0 unspecified atom stereocenters. The van der Waals surface area contributed by atoms with Gasteiger partial charge in [-0.15, -0.1) is 0 Å². The molecule has 11 heteroatoms. The lowest BCUT2D eigenvalue weighted by Gasteiger charge is -2.22. The third-order valence-electron chi connectivity index (χ3n) is 5.50. The van der Waals surface area contributed by atoms with Gasteiger partial charge in [0, 0.05) is 0 Å². The van der Waals surface area contributed by atoms with Crippen molar-refractivity contribution in [1.29, 1.82) is 0 Å². The van der Waals surface area contributed by atoms with Crippen molar-refractivity contribution in [3.63, 3.8) is 0 Å². The monoisotopic (exact) mass is 538 g/mol. The number of ether oxygens (including phenoxy) is 2. The molecule has 0 saturated carbocycles. The van der Waals surface area contributed by atoms with Gasteiger partial charge in [-0.3, -0.25) is 13.9 Å². The van der Waals surface area contributed by atoms with E-state index in [1.54, 1.807) is 66.7 Å². The molecule has 2 amide bonds. The van der Waals surface area contributed by atoms with Crippen molar-refractivity contribution in [3.8, 4) is 11.5 Å². The molecule has 0 spiro atoms. The number of para-hydroxylation sites is 2. The number of anilines is 2. The second-order valence-electron chi connectivity index (χ2n) is 8.44. The van der Waals surface area contributed by atoms with E-state index in [4.69, 9.17) is 9.47 Å². The van der Waals surface area contributed by atoms with Crippen molar-refractivity contribution in [2.75, 3.05) is 36.1 Å². The molecule has 3 aromatic rings. The smallest absolute Gasteiger partial charge is 0.262 e. The first-order valence-electron chi connectivity index (χ1n) is 11.6. The molecule has 0 aliphatic heterocycles. The number of hydrogen-bond donors (Lipinski definition) is 2. The molecule has 0 heterocycles. The summed E-state index contributed by atoms with van der Waals surface area (Å²) in [6, 6.07) is 18.9. The standard InChI is InChI=1S/C27H30N4O6S/c1-19-9-12-22(15-20(19)2)31(38(4,34)35)17-26(32)30-28-16-21-10-13-23(14-11-21)37-18-27(33)29-24-7-5-6-8-25(24)36-3/h5-16H,17-18H2,1-4H3,(H,29,33)(H,30,32)/b28-16-. The van der Waals surface area contributed by atoms with Gasteiger partial charge in [0.25, 0.3) is 11.8 Å². The number of nitrogens with one attached hydrogen (secondary N) is 2. The zero-order valence-electron chi connectivity index (χ0n) is 21.6. The number of benzene rings is 3. The van der Waals surface area contributed by atoms with Crippen LogP contribution in [0.5, 0.6) is 11.5 Å². The van der Waals surface area contributed by atoms with Gasteiger partial charge in [-0.25, -0.2) is 13.8 Å². The average molecular weight is 539 g/mol. The van der Waals surface area contributed by atoms with Crippen LogP contribution in [0.2, 0.25) is 0 Å². The Morgan fingerprint density at radius 3 is 2.34 bits per heavy atom. The van der Waals surface area contributed by atoms with E-state index in [1.165, 1.54) is 13.3 Å². The maximum Gasteiger partial charge on any atom is 0.262 e. The van der Waals surface area contributed by atoms with Crippen molar-refractivity contribution in [3.05, 3.63) is 83.4 Å². The predicted molar refractivity (Wildman–Crippen MR) is 147 cm³/mol. The number of amides is 2. The Hall–Kier alpha value is -4.38. The zero-order chi connectivity index (χ0) is 27.7. The highest BCUT2D eigenvalue weighted by Crippen LogP contribution is 2.23. The lowest BCUT2D eigenvalue weighted by atomic mass is 10.1. The summed E-state index contributed by atoms with van der Waals surface area (Å²) in [5.41, 5.74) is 5.89. The van der Waals surface area contributed by atoms with Crippen LogP contribution < -0.4 is 24.5 Å². The molecule has 0 aliphatic carbocycles. The van der Waals surface area contributed by atoms with E-state index in [-0.39, 0.29) is 12.5 Å². The number of carbonyl (C=O) groups is 2. The third kappa shape index (κ3) is 8.07. The number of sulfonamides is 1. The first kappa shape index (κ1) is 28.2. The predicted octanol–water partition coefficient (Wildman–Crippen LogP) is 3.25. The topological polar surface area (TPSA) is 126 Å². The Morgan fingerprint density at radius 2 is 1.68 bits per heavy atom. The van der Waals surface area contributed by atoms with Crippen molar-refractivity contribution in [2.24, 2.45) is 5.10 Å². The van der Waals surface area contributed by atoms with Crippen LogP contribution in [-0.2, 0) is 19.6 Å². The van der Waals surface area contributed by atoms with Crippen LogP contribution in [0.15, 0.2) is 71.8 Å². The molecule has 200 valence electrons. The number of aryl methyl sites for hydroxylation is 2. The molecule has 0 bridgehead atoms. The van der Waals surface area contributed by atoms with Gasteiger partial charge in [0.05, 0.1) is 31.0 Å². The molecular weight excluding hydrogens is 508 g/mol. The minimum absolute atomic E-state index is 0.196. The van der Waals surface area contributed by atoms with E-state index in [1.807, 2.05) is 13.8 Å². The fourth-order valence-electron chi connectivity index (χ4n) is 3.36. The first-order chi connectivity index (χ1) is 18.1. The number of carbonyl (C=O) groups excluding carboxylic acids is 2. The Morgan fingerprint density at radius 1 is 0.974 bits per heavy atom. The number of nitrogens with zero attached hydrogens (tertiary/aromatic N) is 2. The van der Waals surface area contributed by atoms with Gasteiger partial charge in [-0.05, 0) is 79.1 Å². The molecule has 38 heavy (non-hydrogen) atoms. The Kier molecular flexibility index (Phi) is 9.44. The fraction of sp³-hybridized carbons (Fsp3) is 0.222.